The van der Waals surface area contributed by atoms with Crippen LogP contribution in [0, 0.1) is 0 Å². The van der Waals surface area contributed by atoms with E-state index in [0.717, 1.165) is 23.4 Å². The lowest BCUT2D eigenvalue weighted by atomic mass is 10.1. The fraction of sp³-hybridized carbons (Fsp3) is 0.438. The van der Waals surface area contributed by atoms with Crippen molar-refractivity contribution in [2.75, 3.05) is 19.8 Å². The van der Waals surface area contributed by atoms with Crippen LogP contribution in [-0.2, 0) is 11.2 Å². The van der Waals surface area contributed by atoms with Gasteiger partial charge in [0.2, 0.25) is 5.82 Å². The molecular formula is C16H19ClN4O2. The summed E-state index contributed by atoms with van der Waals surface area (Å²) in [6.45, 7) is 1.95. The molecule has 0 aliphatic carbocycles. The molecule has 23 heavy (non-hydrogen) atoms. The van der Waals surface area contributed by atoms with Gasteiger partial charge in [0, 0.05) is 30.8 Å². The Balaban J connectivity index is 1.74. The first kappa shape index (κ1) is 16.0. The van der Waals surface area contributed by atoms with Crippen LogP contribution in [0.1, 0.15) is 29.0 Å². The second-order valence-electron chi connectivity index (χ2n) is 5.52. The number of rotatable bonds is 5. The SMILES string of the molecule is O=C(c1ncn[nH]1)N(CCc1ccccc1Cl)C1CCOCC1. The molecule has 7 heteroatoms. The Bertz CT molecular complexity index is 641. The number of nitrogens with zero attached hydrogens (tertiary/aromatic N) is 3. The van der Waals surface area contributed by atoms with Crippen molar-refractivity contribution in [3.05, 3.63) is 47.0 Å². The van der Waals surface area contributed by atoms with Gasteiger partial charge in [-0.3, -0.25) is 9.89 Å². The highest BCUT2D eigenvalue weighted by atomic mass is 35.5. The number of hydrogen-bond donors (Lipinski definition) is 1. The third kappa shape index (κ3) is 3.89. The number of aromatic nitrogens is 3. The Kier molecular flexibility index (Phi) is 5.25. The molecule has 1 aliphatic heterocycles. The number of ether oxygens (including phenoxy) is 1. The first-order valence-corrected chi connectivity index (χ1v) is 8.11. The second kappa shape index (κ2) is 7.57. The van der Waals surface area contributed by atoms with Crippen LogP contribution in [0.2, 0.25) is 5.02 Å². The highest BCUT2D eigenvalue weighted by molar-refractivity contribution is 6.31. The van der Waals surface area contributed by atoms with Gasteiger partial charge in [-0.05, 0) is 30.9 Å². The van der Waals surface area contributed by atoms with Gasteiger partial charge in [0.05, 0.1) is 0 Å². The molecule has 0 atom stereocenters. The summed E-state index contributed by atoms with van der Waals surface area (Å²) in [6, 6.07) is 7.88. The molecule has 1 aliphatic rings. The molecule has 0 radical (unpaired) electrons. The zero-order chi connectivity index (χ0) is 16.1. The molecule has 1 aromatic carbocycles. The van der Waals surface area contributed by atoms with Gasteiger partial charge < -0.3 is 9.64 Å². The fourth-order valence-electron chi connectivity index (χ4n) is 2.83. The smallest absolute Gasteiger partial charge is 0.291 e. The molecule has 0 bridgehead atoms. The Hall–Kier alpha value is -1.92. The van der Waals surface area contributed by atoms with Gasteiger partial charge in [0.25, 0.3) is 5.91 Å². The van der Waals surface area contributed by atoms with E-state index in [2.05, 4.69) is 15.2 Å². The van der Waals surface area contributed by atoms with Crippen molar-refractivity contribution in [1.82, 2.24) is 20.1 Å². The largest absolute Gasteiger partial charge is 0.381 e. The number of H-pyrrole nitrogens is 1. The lowest BCUT2D eigenvalue weighted by Crippen LogP contribution is -2.45. The van der Waals surface area contributed by atoms with Crippen molar-refractivity contribution >= 4 is 17.5 Å². The third-order valence-corrected chi connectivity index (χ3v) is 4.46. The summed E-state index contributed by atoms with van der Waals surface area (Å²) in [5, 5.41) is 7.16. The number of nitrogens with one attached hydrogen (secondary N) is 1. The Morgan fingerprint density at radius 3 is 2.83 bits per heavy atom. The molecule has 0 spiro atoms. The number of amides is 1. The van der Waals surface area contributed by atoms with Crippen molar-refractivity contribution in [1.29, 1.82) is 0 Å². The normalized spacial score (nSPS) is 15.5. The van der Waals surface area contributed by atoms with Crippen LogP contribution in [0.4, 0.5) is 0 Å². The van der Waals surface area contributed by atoms with E-state index in [9.17, 15) is 4.79 Å². The molecule has 122 valence electrons. The summed E-state index contributed by atoms with van der Waals surface area (Å²) in [5.74, 6) is 0.150. The van der Waals surface area contributed by atoms with E-state index in [4.69, 9.17) is 16.3 Å². The van der Waals surface area contributed by atoms with Gasteiger partial charge in [-0.2, -0.15) is 5.10 Å². The minimum atomic E-state index is -0.124. The highest BCUT2D eigenvalue weighted by Crippen LogP contribution is 2.20. The molecule has 1 aromatic heterocycles. The zero-order valence-electron chi connectivity index (χ0n) is 12.7. The monoisotopic (exact) mass is 334 g/mol. The lowest BCUT2D eigenvalue weighted by Gasteiger charge is -2.34. The van der Waals surface area contributed by atoms with Crippen molar-refractivity contribution < 1.29 is 9.53 Å². The molecule has 6 nitrogen and oxygen atoms in total. The Morgan fingerprint density at radius 1 is 1.35 bits per heavy atom. The number of aromatic amines is 1. The molecule has 1 fully saturated rings. The molecular weight excluding hydrogens is 316 g/mol. The minimum Gasteiger partial charge on any atom is -0.381 e. The zero-order valence-corrected chi connectivity index (χ0v) is 13.5. The molecule has 2 heterocycles. The summed E-state index contributed by atoms with van der Waals surface area (Å²) in [5.41, 5.74) is 1.04. The van der Waals surface area contributed by atoms with Gasteiger partial charge in [-0.25, -0.2) is 4.98 Å². The lowest BCUT2D eigenvalue weighted by molar-refractivity contribution is 0.0286. The number of halogens is 1. The van der Waals surface area contributed by atoms with E-state index in [-0.39, 0.29) is 17.8 Å². The molecule has 0 saturated carbocycles. The van der Waals surface area contributed by atoms with E-state index in [0.29, 0.717) is 26.2 Å². The van der Waals surface area contributed by atoms with Gasteiger partial charge in [0.15, 0.2) is 0 Å². The van der Waals surface area contributed by atoms with Crippen LogP contribution in [0.5, 0.6) is 0 Å². The first-order valence-electron chi connectivity index (χ1n) is 7.73. The second-order valence-corrected chi connectivity index (χ2v) is 5.92. The van der Waals surface area contributed by atoms with Crippen LogP contribution in [-0.4, -0.2) is 51.8 Å². The van der Waals surface area contributed by atoms with Gasteiger partial charge in [-0.1, -0.05) is 29.8 Å². The molecule has 1 saturated heterocycles. The average Bonchev–Trinajstić information content (AvgIpc) is 3.12. The molecule has 1 N–H and O–H groups in total. The summed E-state index contributed by atoms with van der Waals surface area (Å²) >= 11 is 6.22. The quantitative estimate of drug-likeness (QED) is 0.911. The molecule has 3 rings (SSSR count). The maximum absolute atomic E-state index is 12.7. The third-order valence-electron chi connectivity index (χ3n) is 4.09. The van der Waals surface area contributed by atoms with Gasteiger partial charge >= 0.3 is 0 Å². The standard InChI is InChI=1S/C16H19ClN4O2/c17-14-4-2-1-3-12(14)5-8-21(13-6-9-23-10-7-13)16(22)15-18-11-19-20-15/h1-4,11,13H,5-10H2,(H,18,19,20). The predicted octanol–water partition coefficient (Wildman–Crippen LogP) is 2.32. The van der Waals surface area contributed by atoms with Crippen molar-refractivity contribution in [2.24, 2.45) is 0 Å². The van der Waals surface area contributed by atoms with Crippen molar-refractivity contribution in [2.45, 2.75) is 25.3 Å². The molecule has 0 unspecified atom stereocenters. The van der Waals surface area contributed by atoms with Gasteiger partial charge in [0.1, 0.15) is 6.33 Å². The summed E-state index contributed by atoms with van der Waals surface area (Å²) in [6.07, 6.45) is 3.73. The van der Waals surface area contributed by atoms with E-state index >= 15 is 0 Å². The number of hydrogen-bond acceptors (Lipinski definition) is 4. The number of carbonyl (C=O) groups excluding carboxylic acids is 1. The average molecular weight is 335 g/mol. The molecule has 2 aromatic rings. The van der Waals surface area contributed by atoms with Crippen LogP contribution in [0.15, 0.2) is 30.6 Å². The summed E-state index contributed by atoms with van der Waals surface area (Å²) in [7, 11) is 0. The Morgan fingerprint density at radius 2 is 2.13 bits per heavy atom. The molecule has 1 amide bonds. The minimum absolute atomic E-state index is 0.124. The topological polar surface area (TPSA) is 71.1 Å². The van der Waals surface area contributed by atoms with Gasteiger partial charge in [-0.15, -0.1) is 0 Å². The van der Waals surface area contributed by atoms with E-state index in [1.807, 2.05) is 29.2 Å². The maximum atomic E-state index is 12.7. The van der Waals surface area contributed by atoms with Crippen molar-refractivity contribution in [3.63, 3.8) is 0 Å². The Labute approximate surface area is 139 Å². The number of carbonyl (C=O) groups is 1. The summed E-state index contributed by atoms with van der Waals surface area (Å²) < 4.78 is 5.41. The van der Waals surface area contributed by atoms with E-state index < -0.39 is 0 Å². The first-order chi connectivity index (χ1) is 11.3. The van der Waals surface area contributed by atoms with Crippen LogP contribution < -0.4 is 0 Å². The maximum Gasteiger partial charge on any atom is 0.291 e. The van der Waals surface area contributed by atoms with Crippen molar-refractivity contribution in [3.8, 4) is 0 Å². The number of benzene rings is 1. The van der Waals surface area contributed by atoms with E-state index in [1.165, 1.54) is 6.33 Å². The van der Waals surface area contributed by atoms with Crippen LogP contribution in [0.25, 0.3) is 0 Å². The fourth-order valence-corrected chi connectivity index (χ4v) is 3.06. The predicted molar refractivity (Wildman–Crippen MR) is 86.4 cm³/mol. The van der Waals surface area contributed by atoms with E-state index in [1.54, 1.807) is 0 Å². The van der Waals surface area contributed by atoms with Crippen LogP contribution >= 0.6 is 11.6 Å². The summed E-state index contributed by atoms with van der Waals surface area (Å²) in [4.78, 5) is 18.6. The van der Waals surface area contributed by atoms with Crippen LogP contribution in [0.3, 0.4) is 0 Å². The highest BCUT2D eigenvalue weighted by Gasteiger charge is 2.28.